The van der Waals surface area contributed by atoms with Gasteiger partial charge >= 0.3 is 5.97 Å². The number of ether oxygens (including phenoxy) is 1. The first-order valence-corrected chi connectivity index (χ1v) is 4.75. The molecule has 0 aliphatic heterocycles. The van der Waals surface area contributed by atoms with Gasteiger partial charge in [0.05, 0.1) is 0 Å². The van der Waals surface area contributed by atoms with E-state index in [1.54, 1.807) is 12.3 Å². The van der Waals surface area contributed by atoms with Crippen molar-refractivity contribution >= 4 is 21.9 Å². The van der Waals surface area contributed by atoms with Crippen LogP contribution in [0.15, 0.2) is 16.7 Å². The standard InChI is InChI=1S/C9H12BrNO2/c1-9(2,3)13-8(12)7-4-6(10)5-11-7/h4-5,11H,1-3H3. The van der Waals surface area contributed by atoms with Gasteiger partial charge in [0, 0.05) is 10.7 Å². The van der Waals surface area contributed by atoms with Crippen LogP contribution in [0.1, 0.15) is 31.3 Å². The zero-order chi connectivity index (χ0) is 10.1. The number of rotatable bonds is 1. The van der Waals surface area contributed by atoms with Crippen molar-refractivity contribution in [3.63, 3.8) is 0 Å². The Morgan fingerprint density at radius 1 is 1.54 bits per heavy atom. The van der Waals surface area contributed by atoms with Gasteiger partial charge < -0.3 is 9.72 Å². The van der Waals surface area contributed by atoms with E-state index in [1.165, 1.54) is 0 Å². The molecular weight excluding hydrogens is 234 g/mol. The molecule has 0 aromatic carbocycles. The minimum absolute atomic E-state index is 0.335. The van der Waals surface area contributed by atoms with Gasteiger partial charge in [-0.25, -0.2) is 4.79 Å². The van der Waals surface area contributed by atoms with Gasteiger partial charge in [-0.2, -0.15) is 0 Å². The van der Waals surface area contributed by atoms with Crippen molar-refractivity contribution in [2.45, 2.75) is 26.4 Å². The number of carbonyl (C=O) groups excluding carboxylic acids is 1. The molecule has 0 saturated heterocycles. The lowest BCUT2D eigenvalue weighted by atomic mass is 10.2. The van der Waals surface area contributed by atoms with E-state index in [0.717, 1.165) is 4.47 Å². The molecule has 0 fully saturated rings. The van der Waals surface area contributed by atoms with Gasteiger partial charge in [-0.15, -0.1) is 0 Å². The molecule has 0 atom stereocenters. The third kappa shape index (κ3) is 3.22. The summed E-state index contributed by atoms with van der Waals surface area (Å²) in [5, 5.41) is 0. The number of hydrogen-bond donors (Lipinski definition) is 1. The predicted octanol–water partition coefficient (Wildman–Crippen LogP) is 2.73. The number of H-pyrrole nitrogens is 1. The smallest absolute Gasteiger partial charge is 0.355 e. The highest BCUT2D eigenvalue weighted by molar-refractivity contribution is 9.10. The Labute approximate surface area is 85.6 Å². The van der Waals surface area contributed by atoms with E-state index in [4.69, 9.17) is 4.74 Å². The molecule has 0 saturated carbocycles. The molecule has 0 radical (unpaired) electrons. The molecule has 3 nitrogen and oxygen atoms in total. The van der Waals surface area contributed by atoms with Crippen LogP contribution in [-0.2, 0) is 4.74 Å². The van der Waals surface area contributed by atoms with Crippen molar-refractivity contribution in [3.05, 3.63) is 22.4 Å². The van der Waals surface area contributed by atoms with Crippen LogP contribution in [-0.4, -0.2) is 16.6 Å². The average molecular weight is 246 g/mol. The topological polar surface area (TPSA) is 42.1 Å². The summed E-state index contributed by atoms with van der Waals surface area (Å²) in [5.41, 5.74) is 0.0103. The fourth-order valence-electron chi connectivity index (χ4n) is 0.819. The van der Waals surface area contributed by atoms with E-state index >= 15 is 0 Å². The second-order valence-corrected chi connectivity index (χ2v) is 4.65. The Hall–Kier alpha value is -0.770. The quantitative estimate of drug-likeness (QED) is 0.774. The van der Waals surface area contributed by atoms with Gasteiger partial charge in [-0.05, 0) is 42.8 Å². The molecule has 1 rings (SSSR count). The van der Waals surface area contributed by atoms with E-state index in [-0.39, 0.29) is 5.97 Å². The number of nitrogens with one attached hydrogen (secondary N) is 1. The van der Waals surface area contributed by atoms with E-state index in [9.17, 15) is 4.79 Å². The predicted molar refractivity (Wildman–Crippen MR) is 53.7 cm³/mol. The molecule has 0 aliphatic rings. The van der Waals surface area contributed by atoms with E-state index < -0.39 is 5.60 Å². The highest BCUT2D eigenvalue weighted by Crippen LogP contribution is 2.15. The van der Waals surface area contributed by atoms with E-state index in [0.29, 0.717) is 5.69 Å². The van der Waals surface area contributed by atoms with Gasteiger partial charge in [-0.3, -0.25) is 0 Å². The van der Waals surface area contributed by atoms with Crippen LogP contribution in [0.2, 0.25) is 0 Å². The molecule has 1 N–H and O–H groups in total. The molecule has 0 unspecified atom stereocenters. The van der Waals surface area contributed by atoms with Gasteiger partial charge in [0.15, 0.2) is 0 Å². The summed E-state index contributed by atoms with van der Waals surface area (Å²) in [6.45, 7) is 5.51. The average Bonchev–Trinajstić information content (AvgIpc) is 2.31. The van der Waals surface area contributed by atoms with Crippen LogP contribution in [0, 0.1) is 0 Å². The summed E-state index contributed by atoms with van der Waals surface area (Å²) in [6.07, 6.45) is 1.69. The Morgan fingerprint density at radius 3 is 2.54 bits per heavy atom. The SMILES string of the molecule is CC(C)(C)OC(=O)c1cc(Br)c[nH]1. The van der Waals surface area contributed by atoms with E-state index in [2.05, 4.69) is 20.9 Å². The molecule has 1 heterocycles. The zero-order valence-corrected chi connectivity index (χ0v) is 9.44. The zero-order valence-electron chi connectivity index (χ0n) is 7.85. The monoisotopic (exact) mass is 245 g/mol. The van der Waals surface area contributed by atoms with Crippen molar-refractivity contribution in [2.24, 2.45) is 0 Å². The van der Waals surface area contributed by atoms with Gasteiger partial charge in [0.1, 0.15) is 11.3 Å². The Bertz CT molecular complexity index is 312. The van der Waals surface area contributed by atoms with Crippen molar-refractivity contribution in [3.8, 4) is 0 Å². The maximum absolute atomic E-state index is 11.4. The Morgan fingerprint density at radius 2 is 2.15 bits per heavy atom. The third-order valence-electron chi connectivity index (χ3n) is 1.27. The summed E-state index contributed by atoms with van der Waals surface area (Å²) in [5.74, 6) is -0.335. The molecule has 0 amide bonds. The van der Waals surface area contributed by atoms with Gasteiger partial charge in [0.2, 0.25) is 0 Å². The normalized spacial score (nSPS) is 11.4. The highest BCUT2D eigenvalue weighted by atomic mass is 79.9. The first kappa shape index (κ1) is 10.3. The molecule has 0 bridgehead atoms. The fourth-order valence-corrected chi connectivity index (χ4v) is 1.16. The number of halogens is 1. The number of carbonyl (C=O) groups is 1. The maximum Gasteiger partial charge on any atom is 0.355 e. The largest absolute Gasteiger partial charge is 0.455 e. The summed E-state index contributed by atoms with van der Waals surface area (Å²) >= 11 is 3.24. The minimum atomic E-state index is -0.450. The molecule has 4 heteroatoms. The lowest BCUT2D eigenvalue weighted by Gasteiger charge is -2.18. The summed E-state index contributed by atoms with van der Waals surface area (Å²) in [6, 6.07) is 1.69. The summed E-state index contributed by atoms with van der Waals surface area (Å²) in [7, 11) is 0. The van der Waals surface area contributed by atoms with Crippen molar-refractivity contribution in [1.29, 1.82) is 0 Å². The second-order valence-electron chi connectivity index (χ2n) is 3.73. The summed E-state index contributed by atoms with van der Waals surface area (Å²) < 4.78 is 5.99. The van der Waals surface area contributed by atoms with Crippen LogP contribution in [0.3, 0.4) is 0 Å². The van der Waals surface area contributed by atoms with Gasteiger partial charge in [-0.1, -0.05) is 0 Å². The van der Waals surface area contributed by atoms with Crippen LogP contribution in [0.4, 0.5) is 0 Å². The maximum atomic E-state index is 11.4. The van der Waals surface area contributed by atoms with Crippen molar-refractivity contribution in [1.82, 2.24) is 4.98 Å². The highest BCUT2D eigenvalue weighted by Gasteiger charge is 2.18. The third-order valence-corrected chi connectivity index (χ3v) is 1.72. The Balaban J connectivity index is 2.70. The van der Waals surface area contributed by atoms with Crippen LogP contribution in [0.25, 0.3) is 0 Å². The molecular formula is C9H12BrNO2. The first-order valence-electron chi connectivity index (χ1n) is 3.96. The molecule has 0 aliphatic carbocycles. The first-order chi connectivity index (χ1) is 5.88. The Kier molecular flexibility index (Phi) is 2.81. The second kappa shape index (κ2) is 3.54. The molecule has 13 heavy (non-hydrogen) atoms. The van der Waals surface area contributed by atoms with Crippen molar-refractivity contribution < 1.29 is 9.53 Å². The van der Waals surface area contributed by atoms with Crippen LogP contribution in [0.5, 0.6) is 0 Å². The number of aromatic nitrogens is 1. The van der Waals surface area contributed by atoms with Crippen LogP contribution >= 0.6 is 15.9 Å². The minimum Gasteiger partial charge on any atom is -0.455 e. The molecule has 1 aromatic heterocycles. The number of hydrogen-bond acceptors (Lipinski definition) is 2. The fraction of sp³-hybridized carbons (Fsp3) is 0.444. The number of aromatic amines is 1. The lowest BCUT2D eigenvalue weighted by molar-refractivity contribution is 0.00636. The van der Waals surface area contributed by atoms with E-state index in [1.807, 2.05) is 20.8 Å². The summed E-state index contributed by atoms with van der Waals surface area (Å²) in [4.78, 5) is 14.2. The lowest BCUT2D eigenvalue weighted by Crippen LogP contribution is -2.24. The molecule has 1 aromatic rings. The molecule has 72 valence electrons. The molecule has 0 spiro atoms. The number of esters is 1. The van der Waals surface area contributed by atoms with Crippen LogP contribution < -0.4 is 0 Å². The van der Waals surface area contributed by atoms with Gasteiger partial charge in [0.25, 0.3) is 0 Å². The van der Waals surface area contributed by atoms with Crippen molar-refractivity contribution in [2.75, 3.05) is 0 Å².